The smallest absolute Gasteiger partial charge is 0.302 e. The summed E-state index contributed by atoms with van der Waals surface area (Å²) in [6.07, 6.45) is 3.41. The van der Waals surface area contributed by atoms with Crippen molar-refractivity contribution < 1.29 is 33.6 Å². The Labute approximate surface area is 172 Å². The molecule has 4 fully saturated rings. The quantitative estimate of drug-likeness (QED) is 0.565. The molecule has 7 heteroatoms. The zero-order chi connectivity index (χ0) is 21.0. The first-order valence-corrected chi connectivity index (χ1v) is 10.9. The summed E-state index contributed by atoms with van der Waals surface area (Å²) in [6.45, 7) is 8.98. The summed E-state index contributed by atoms with van der Waals surface area (Å²) in [7, 11) is 0. The second kappa shape index (κ2) is 7.20. The molecule has 0 amide bonds. The lowest BCUT2D eigenvalue weighted by molar-refractivity contribution is -0.269. The maximum atomic E-state index is 11.6. The second-order valence-corrected chi connectivity index (χ2v) is 10.0. The fourth-order valence-corrected chi connectivity index (χ4v) is 7.35. The third kappa shape index (κ3) is 3.12. The van der Waals surface area contributed by atoms with E-state index < -0.39 is 11.9 Å². The van der Waals surface area contributed by atoms with Gasteiger partial charge in [-0.15, -0.1) is 0 Å². The Morgan fingerprint density at radius 2 is 1.97 bits per heavy atom. The molecule has 2 aliphatic heterocycles. The summed E-state index contributed by atoms with van der Waals surface area (Å²) in [4.78, 5) is 22.9. The predicted molar refractivity (Wildman–Crippen MR) is 103 cm³/mol. The number of ether oxygens (including phenoxy) is 4. The van der Waals surface area contributed by atoms with E-state index in [0.29, 0.717) is 19.5 Å². The average molecular weight is 411 g/mol. The molecule has 0 unspecified atom stereocenters. The normalized spacial score (nSPS) is 51.8. The minimum Gasteiger partial charge on any atom is -0.464 e. The van der Waals surface area contributed by atoms with E-state index in [1.807, 2.05) is 0 Å². The highest BCUT2D eigenvalue weighted by atomic mass is 16.6. The first-order chi connectivity index (χ1) is 13.7. The lowest BCUT2D eigenvalue weighted by Gasteiger charge is -2.63. The Hall–Kier alpha value is -1.18. The van der Waals surface area contributed by atoms with Gasteiger partial charge >= 0.3 is 5.97 Å². The van der Waals surface area contributed by atoms with Crippen LogP contribution in [0.2, 0.25) is 0 Å². The van der Waals surface area contributed by atoms with Crippen LogP contribution >= 0.6 is 0 Å². The molecule has 9 atom stereocenters. The van der Waals surface area contributed by atoms with Crippen molar-refractivity contribution in [2.75, 3.05) is 6.61 Å². The Kier molecular flexibility index (Phi) is 5.23. The molecule has 0 radical (unpaired) electrons. The number of aliphatic hydroxyl groups is 1. The number of carbonyl (C=O) groups excluding carboxylic acids is 2. The monoisotopic (exact) mass is 410 g/mol. The summed E-state index contributed by atoms with van der Waals surface area (Å²) in [5.41, 5.74) is -1.04. The van der Waals surface area contributed by atoms with Gasteiger partial charge in [0.05, 0.1) is 17.8 Å². The number of carbonyl (C=O) groups is 2. The van der Waals surface area contributed by atoms with Crippen LogP contribution in [0.4, 0.5) is 0 Å². The van der Waals surface area contributed by atoms with Crippen molar-refractivity contribution in [1.29, 1.82) is 0 Å². The Morgan fingerprint density at radius 3 is 2.59 bits per heavy atom. The lowest BCUT2D eigenvalue weighted by atomic mass is 9.46. The van der Waals surface area contributed by atoms with Gasteiger partial charge in [-0.3, -0.25) is 9.59 Å². The number of fused-ring (bicyclic) bond motifs is 2. The molecule has 2 spiro atoms. The number of aliphatic hydroxyl groups excluding tert-OH is 1. The maximum absolute atomic E-state index is 11.6. The zero-order valence-electron chi connectivity index (χ0n) is 17.9. The summed E-state index contributed by atoms with van der Waals surface area (Å²) in [5, 5.41) is 9.97. The van der Waals surface area contributed by atoms with E-state index in [-0.39, 0.29) is 46.9 Å². The van der Waals surface area contributed by atoms with Crippen molar-refractivity contribution in [2.45, 2.75) is 95.9 Å². The van der Waals surface area contributed by atoms with Crippen LogP contribution < -0.4 is 0 Å². The molecule has 4 aliphatic rings. The fraction of sp³-hybridized carbons (Fsp3) is 0.909. The topological polar surface area (TPSA) is 91.3 Å². The maximum Gasteiger partial charge on any atom is 0.302 e. The molecule has 2 aliphatic carbocycles. The Bertz CT molecular complexity index is 668. The van der Waals surface area contributed by atoms with Crippen molar-refractivity contribution >= 4 is 12.4 Å². The molecule has 4 rings (SSSR count). The molecular weight excluding hydrogens is 376 g/mol. The third-order valence-corrected chi connectivity index (χ3v) is 8.57. The van der Waals surface area contributed by atoms with Gasteiger partial charge in [-0.1, -0.05) is 20.8 Å². The van der Waals surface area contributed by atoms with Crippen LogP contribution in [0.3, 0.4) is 0 Å². The van der Waals surface area contributed by atoms with Crippen LogP contribution in [-0.4, -0.2) is 53.9 Å². The van der Waals surface area contributed by atoms with Gasteiger partial charge in [0.1, 0.15) is 12.2 Å². The van der Waals surface area contributed by atoms with Gasteiger partial charge in [-0.25, -0.2) is 0 Å². The third-order valence-electron chi connectivity index (χ3n) is 8.57. The second-order valence-electron chi connectivity index (χ2n) is 10.0. The van der Waals surface area contributed by atoms with E-state index in [9.17, 15) is 14.7 Å². The molecule has 2 saturated heterocycles. The highest BCUT2D eigenvalue weighted by Crippen LogP contribution is 2.66. The summed E-state index contributed by atoms with van der Waals surface area (Å²) >= 11 is 0. The van der Waals surface area contributed by atoms with E-state index in [1.165, 1.54) is 6.92 Å². The van der Waals surface area contributed by atoms with E-state index in [4.69, 9.17) is 18.9 Å². The van der Waals surface area contributed by atoms with Gasteiger partial charge in [0, 0.05) is 30.6 Å². The van der Waals surface area contributed by atoms with Crippen LogP contribution in [0.15, 0.2) is 0 Å². The molecule has 1 N–H and O–H groups in total. The van der Waals surface area contributed by atoms with Crippen molar-refractivity contribution in [3.05, 3.63) is 0 Å². The SMILES string of the molecule is CC(=O)O[C@H]1CC[C@]2(C)[C@@H]([C@H]1C)[C@H](OC=O)C[C@@H](C)[C@]21CC[C@@]2(CO[C@@H](O)C2)O1. The van der Waals surface area contributed by atoms with Crippen molar-refractivity contribution in [2.24, 2.45) is 23.2 Å². The summed E-state index contributed by atoms with van der Waals surface area (Å²) in [5.74, 6) is 0.00981. The Balaban J connectivity index is 1.70. The van der Waals surface area contributed by atoms with E-state index in [1.54, 1.807) is 0 Å². The fourth-order valence-electron chi connectivity index (χ4n) is 7.35. The first-order valence-electron chi connectivity index (χ1n) is 10.9. The molecule has 0 aromatic heterocycles. The van der Waals surface area contributed by atoms with Gasteiger partial charge in [-0.2, -0.15) is 0 Å². The predicted octanol–water partition coefficient (Wildman–Crippen LogP) is 2.58. The summed E-state index contributed by atoms with van der Waals surface area (Å²) < 4.78 is 23.7. The van der Waals surface area contributed by atoms with Crippen LogP contribution in [0.5, 0.6) is 0 Å². The zero-order valence-corrected chi connectivity index (χ0v) is 17.9. The highest BCUT2D eigenvalue weighted by Gasteiger charge is 2.69. The van der Waals surface area contributed by atoms with Gasteiger partial charge in [0.2, 0.25) is 0 Å². The number of hydrogen-bond acceptors (Lipinski definition) is 7. The molecule has 2 heterocycles. The van der Waals surface area contributed by atoms with Crippen molar-refractivity contribution in [3.8, 4) is 0 Å². The molecule has 0 aromatic rings. The number of rotatable bonds is 3. The van der Waals surface area contributed by atoms with E-state index in [0.717, 1.165) is 32.1 Å². The molecule has 29 heavy (non-hydrogen) atoms. The highest BCUT2D eigenvalue weighted by molar-refractivity contribution is 5.66. The minimum atomic E-state index is -0.766. The van der Waals surface area contributed by atoms with Gasteiger partial charge < -0.3 is 24.1 Å². The van der Waals surface area contributed by atoms with Gasteiger partial charge in [0.25, 0.3) is 6.47 Å². The van der Waals surface area contributed by atoms with Crippen LogP contribution in [0.25, 0.3) is 0 Å². The molecule has 7 nitrogen and oxygen atoms in total. The number of esters is 1. The van der Waals surface area contributed by atoms with Gasteiger partial charge in [0.15, 0.2) is 6.29 Å². The van der Waals surface area contributed by atoms with Crippen LogP contribution in [0.1, 0.15) is 66.2 Å². The standard InChI is InChI=1S/C22H34O7/c1-13-9-17(27-12-23)19-14(2)16(28-15(3)24)5-6-20(19,4)22(13)8-7-21(29-22)10-18(25)26-11-21/h12-14,16-19,25H,5-11H2,1-4H3/t13-,14+,16+,17-,18-,19+,20-,21-,22-/m1/s1. The molecule has 0 bridgehead atoms. The van der Waals surface area contributed by atoms with Gasteiger partial charge in [-0.05, 0) is 38.0 Å². The largest absolute Gasteiger partial charge is 0.464 e. The lowest BCUT2D eigenvalue weighted by Crippen LogP contribution is -2.67. The number of hydrogen-bond donors (Lipinski definition) is 1. The van der Waals surface area contributed by atoms with Crippen molar-refractivity contribution in [1.82, 2.24) is 0 Å². The first kappa shape index (κ1) is 21.1. The summed E-state index contributed by atoms with van der Waals surface area (Å²) in [6, 6.07) is 0. The molecular formula is C22H34O7. The van der Waals surface area contributed by atoms with E-state index in [2.05, 4.69) is 20.8 Å². The van der Waals surface area contributed by atoms with E-state index >= 15 is 0 Å². The Morgan fingerprint density at radius 1 is 1.21 bits per heavy atom. The molecule has 0 aromatic carbocycles. The van der Waals surface area contributed by atoms with Crippen molar-refractivity contribution in [3.63, 3.8) is 0 Å². The minimum absolute atomic E-state index is 0.0318. The average Bonchev–Trinajstić information content (AvgIpc) is 3.20. The molecule has 164 valence electrons. The van der Waals surface area contributed by atoms with Crippen LogP contribution in [0, 0.1) is 23.2 Å². The molecule has 2 saturated carbocycles. The van der Waals surface area contributed by atoms with Crippen LogP contribution in [-0.2, 0) is 28.5 Å².